The van der Waals surface area contributed by atoms with E-state index in [0.717, 1.165) is 0 Å². The maximum Gasteiger partial charge on any atom is 0.227 e. The SMILES string of the molecule is C=C(C=CC(=CCF)OCC)CC(=O)N1CCC(C)(O)C1. The summed E-state index contributed by atoms with van der Waals surface area (Å²) >= 11 is 0. The van der Waals surface area contributed by atoms with Crippen LogP contribution < -0.4 is 0 Å². The highest BCUT2D eigenvalue weighted by Crippen LogP contribution is 2.21. The van der Waals surface area contributed by atoms with E-state index in [1.54, 1.807) is 24.0 Å². The Morgan fingerprint density at radius 2 is 2.24 bits per heavy atom. The Kier molecular flexibility index (Phi) is 6.62. The third-order valence-electron chi connectivity index (χ3n) is 3.26. The van der Waals surface area contributed by atoms with Gasteiger partial charge in [-0.2, -0.15) is 0 Å². The van der Waals surface area contributed by atoms with E-state index >= 15 is 0 Å². The summed E-state index contributed by atoms with van der Waals surface area (Å²) in [7, 11) is 0. The van der Waals surface area contributed by atoms with Crippen LogP contribution in [0.5, 0.6) is 0 Å². The average molecular weight is 297 g/mol. The molecule has 1 N–H and O–H groups in total. The number of β-amino-alcohol motifs (C(OH)–C–C–N with tert-alkyl or cyclic N) is 1. The Hall–Kier alpha value is -1.62. The molecule has 0 aliphatic carbocycles. The number of aliphatic hydroxyl groups is 1. The molecule has 1 heterocycles. The molecular formula is C16H24FNO3. The van der Waals surface area contributed by atoms with Crippen molar-refractivity contribution in [2.75, 3.05) is 26.4 Å². The van der Waals surface area contributed by atoms with Gasteiger partial charge in [-0.15, -0.1) is 0 Å². The van der Waals surface area contributed by atoms with E-state index in [0.29, 0.717) is 37.4 Å². The number of hydrogen-bond acceptors (Lipinski definition) is 3. The number of hydrogen-bond donors (Lipinski definition) is 1. The highest BCUT2D eigenvalue weighted by molar-refractivity contribution is 5.79. The minimum atomic E-state index is -0.793. The number of alkyl halides is 1. The number of carbonyl (C=O) groups excluding carboxylic acids is 1. The van der Waals surface area contributed by atoms with Crippen LogP contribution in [0.15, 0.2) is 36.1 Å². The van der Waals surface area contributed by atoms with E-state index < -0.39 is 12.3 Å². The van der Waals surface area contributed by atoms with Crippen molar-refractivity contribution in [3.05, 3.63) is 36.1 Å². The monoisotopic (exact) mass is 297 g/mol. The molecule has 1 rings (SSSR count). The van der Waals surface area contributed by atoms with Crippen LogP contribution in [0.3, 0.4) is 0 Å². The molecule has 0 aromatic rings. The largest absolute Gasteiger partial charge is 0.494 e. The zero-order valence-corrected chi connectivity index (χ0v) is 12.8. The number of halogens is 1. The lowest BCUT2D eigenvalue weighted by Gasteiger charge is -2.19. The molecule has 0 aromatic carbocycles. The quantitative estimate of drug-likeness (QED) is 0.580. The maximum absolute atomic E-state index is 12.3. The topological polar surface area (TPSA) is 49.8 Å². The summed E-state index contributed by atoms with van der Waals surface area (Å²) in [5.41, 5.74) is -0.172. The minimum absolute atomic E-state index is 0.0603. The molecule has 1 amide bonds. The Morgan fingerprint density at radius 1 is 1.52 bits per heavy atom. The van der Waals surface area contributed by atoms with E-state index in [9.17, 15) is 14.3 Å². The molecule has 0 bridgehead atoms. The summed E-state index contributed by atoms with van der Waals surface area (Å²) < 4.78 is 17.5. The van der Waals surface area contributed by atoms with Gasteiger partial charge in [-0.05, 0) is 38.0 Å². The molecule has 118 valence electrons. The predicted molar refractivity (Wildman–Crippen MR) is 80.4 cm³/mol. The van der Waals surface area contributed by atoms with Gasteiger partial charge in [0.05, 0.1) is 18.6 Å². The number of rotatable bonds is 7. The van der Waals surface area contributed by atoms with Crippen molar-refractivity contribution in [3.63, 3.8) is 0 Å². The minimum Gasteiger partial charge on any atom is -0.494 e. The van der Waals surface area contributed by atoms with Crippen LogP contribution >= 0.6 is 0 Å². The first-order valence-electron chi connectivity index (χ1n) is 7.13. The molecule has 1 aliphatic rings. The molecule has 21 heavy (non-hydrogen) atoms. The highest BCUT2D eigenvalue weighted by Gasteiger charge is 2.33. The predicted octanol–water partition coefficient (Wildman–Crippen LogP) is 2.36. The van der Waals surface area contributed by atoms with Gasteiger partial charge in [0.15, 0.2) is 0 Å². The van der Waals surface area contributed by atoms with E-state index in [2.05, 4.69) is 6.58 Å². The number of likely N-dealkylation sites (tertiary alicyclic amines) is 1. The summed E-state index contributed by atoms with van der Waals surface area (Å²) in [4.78, 5) is 13.7. The van der Waals surface area contributed by atoms with Crippen LogP contribution in [0.4, 0.5) is 4.39 Å². The second-order valence-corrected chi connectivity index (χ2v) is 5.42. The van der Waals surface area contributed by atoms with Crippen LogP contribution in [0.2, 0.25) is 0 Å². The molecule has 1 atom stereocenters. The number of carbonyl (C=O) groups is 1. The molecule has 0 saturated carbocycles. The molecule has 0 aromatic heterocycles. The smallest absolute Gasteiger partial charge is 0.227 e. The molecule has 0 radical (unpaired) electrons. The zero-order chi connectivity index (χ0) is 15.9. The highest BCUT2D eigenvalue weighted by atomic mass is 19.1. The van der Waals surface area contributed by atoms with Crippen LogP contribution in [0.25, 0.3) is 0 Å². The van der Waals surface area contributed by atoms with Gasteiger partial charge < -0.3 is 14.7 Å². The Labute approximate surface area is 125 Å². The van der Waals surface area contributed by atoms with E-state index in [4.69, 9.17) is 4.74 Å². The molecule has 0 spiro atoms. The fourth-order valence-corrected chi connectivity index (χ4v) is 2.14. The van der Waals surface area contributed by atoms with Gasteiger partial charge in [-0.25, -0.2) is 4.39 Å². The first-order chi connectivity index (χ1) is 9.88. The van der Waals surface area contributed by atoms with Gasteiger partial charge >= 0.3 is 0 Å². The number of amides is 1. The lowest BCUT2D eigenvalue weighted by molar-refractivity contribution is -0.130. The van der Waals surface area contributed by atoms with Gasteiger partial charge in [0.1, 0.15) is 12.4 Å². The first kappa shape index (κ1) is 17.4. The van der Waals surface area contributed by atoms with E-state index in [1.165, 1.54) is 6.08 Å². The van der Waals surface area contributed by atoms with E-state index in [1.807, 2.05) is 6.92 Å². The molecule has 1 aliphatic heterocycles. The summed E-state index contributed by atoms with van der Waals surface area (Å²) in [5.74, 6) is 0.368. The Balaban J connectivity index is 2.49. The lowest BCUT2D eigenvalue weighted by Crippen LogP contribution is -2.33. The van der Waals surface area contributed by atoms with Gasteiger partial charge in [0.2, 0.25) is 5.91 Å². The van der Waals surface area contributed by atoms with Crippen LogP contribution in [0.1, 0.15) is 26.7 Å². The van der Waals surface area contributed by atoms with Crippen LogP contribution in [-0.4, -0.2) is 47.9 Å². The van der Waals surface area contributed by atoms with Gasteiger partial charge in [0, 0.05) is 13.1 Å². The molecule has 1 unspecified atom stereocenters. The van der Waals surface area contributed by atoms with Crippen molar-refractivity contribution < 1.29 is 19.0 Å². The third kappa shape index (κ3) is 6.12. The number of allylic oxidation sites excluding steroid dienone is 3. The van der Waals surface area contributed by atoms with Gasteiger partial charge in [-0.1, -0.05) is 12.7 Å². The summed E-state index contributed by atoms with van der Waals surface area (Å²) in [5, 5.41) is 9.85. The Bertz CT molecular complexity index is 441. The van der Waals surface area contributed by atoms with Crippen molar-refractivity contribution in [1.29, 1.82) is 0 Å². The zero-order valence-electron chi connectivity index (χ0n) is 12.8. The summed E-state index contributed by atoms with van der Waals surface area (Å²) in [6.07, 6.45) is 5.37. The van der Waals surface area contributed by atoms with Crippen LogP contribution in [0, 0.1) is 0 Å². The Morgan fingerprint density at radius 3 is 2.76 bits per heavy atom. The van der Waals surface area contributed by atoms with Gasteiger partial charge in [-0.3, -0.25) is 4.79 Å². The fraction of sp³-hybridized carbons (Fsp3) is 0.562. The second kappa shape index (κ2) is 7.98. The fourth-order valence-electron chi connectivity index (χ4n) is 2.14. The molecule has 5 heteroatoms. The molecule has 1 fully saturated rings. The second-order valence-electron chi connectivity index (χ2n) is 5.42. The van der Waals surface area contributed by atoms with Crippen molar-refractivity contribution in [2.45, 2.75) is 32.3 Å². The van der Waals surface area contributed by atoms with Crippen molar-refractivity contribution in [2.24, 2.45) is 0 Å². The maximum atomic E-state index is 12.3. The van der Waals surface area contributed by atoms with Crippen LogP contribution in [-0.2, 0) is 9.53 Å². The number of nitrogens with zero attached hydrogens (tertiary/aromatic N) is 1. The normalized spacial score (nSPS) is 22.9. The number of ether oxygens (including phenoxy) is 1. The average Bonchev–Trinajstić information content (AvgIpc) is 2.77. The molecular weight excluding hydrogens is 273 g/mol. The van der Waals surface area contributed by atoms with Crippen molar-refractivity contribution in [1.82, 2.24) is 4.90 Å². The lowest BCUT2D eigenvalue weighted by atomic mass is 10.1. The summed E-state index contributed by atoms with van der Waals surface area (Å²) in [6.45, 7) is 8.13. The van der Waals surface area contributed by atoms with Crippen molar-refractivity contribution >= 4 is 5.91 Å². The van der Waals surface area contributed by atoms with Crippen molar-refractivity contribution in [3.8, 4) is 0 Å². The van der Waals surface area contributed by atoms with E-state index in [-0.39, 0.29) is 12.3 Å². The standard InChI is InChI=1S/C16H24FNO3/c1-4-21-14(7-9-17)6-5-13(2)11-15(19)18-10-8-16(3,20)12-18/h5-7,20H,2,4,8-12H2,1,3H3. The molecule has 1 saturated heterocycles. The first-order valence-corrected chi connectivity index (χ1v) is 7.13. The molecule has 4 nitrogen and oxygen atoms in total. The third-order valence-corrected chi connectivity index (χ3v) is 3.26. The summed E-state index contributed by atoms with van der Waals surface area (Å²) in [6, 6.07) is 0. The van der Waals surface area contributed by atoms with Gasteiger partial charge in [0.25, 0.3) is 0 Å².